The second-order valence-corrected chi connectivity index (χ2v) is 14.4. The normalized spacial score (nSPS) is 15.0. The van der Waals surface area contributed by atoms with Crippen molar-refractivity contribution in [2.24, 2.45) is 10.9 Å². The van der Waals surface area contributed by atoms with E-state index < -0.39 is 27.9 Å². The third-order valence-electron chi connectivity index (χ3n) is 8.05. The quantitative estimate of drug-likeness (QED) is 0.0596. The summed E-state index contributed by atoms with van der Waals surface area (Å²) in [5, 5.41) is 9.04. The van der Waals surface area contributed by atoms with Crippen LogP contribution in [0.15, 0.2) is 75.6 Å². The number of carbonyl (C=O) groups is 3. The van der Waals surface area contributed by atoms with Crippen molar-refractivity contribution >= 4 is 62.5 Å². The largest absolute Gasteiger partial charge is 0.485 e. The van der Waals surface area contributed by atoms with Gasteiger partial charge in [0.05, 0.1) is 5.02 Å². The highest BCUT2D eigenvalue weighted by Crippen LogP contribution is 2.36. The number of rotatable bonds is 13. The van der Waals surface area contributed by atoms with E-state index in [9.17, 15) is 27.6 Å². The predicted molar refractivity (Wildman–Crippen MR) is 193 cm³/mol. The first-order chi connectivity index (χ1) is 24.8. The van der Waals surface area contributed by atoms with Crippen LogP contribution in [0.1, 0.15) is 53.4 Å². The molecule has 1 fully saturated rings. The number of nitrogens with two attached hydrogens (primary N) is 1. The van der Waals surface area contributed by atoms with Crippen LogP contribution in [0, 0.1) is 6.92 Å². The Labute approximate surface area is 308 Å². The Hall–Kier alpha value is -5.03. The second kappa shape index (κ2) is 16.5. The minimum absolute atomic E-state index is 0.0244. The highest BCUT2D eigenvalue weighted by atomic mass is 35.5. The first-order valence-corrected chi connectivity index (χ1v) is 18.3. The van der Waals surface area contributed by atoms with Crippen molar-refractivity contribution in [3.8, 4) is 5.75 Å². The van der Waals surface area contributed by atoms with E-state index in [-0.39, 0.29) is 75.4 Å². The van der Waals surface area contributed by atoms with Crippen LogP contribution < -0.4 is 26.7 Å². The van der Waals surface area contributed by atoms with Crippen LogP contribution in [0.4, 0.5) is 0 Å². The molecule has 0 aliphatic carbocycles. The minimum atomic E-state index is -4.25. The van der Waals surface area contributed by atoms with Gasteiger partial charge in [-0.05, 0) is 62.6 Å². The molecular formula is C34H35Cl2N7O8S. The van der Waals surface area contributed by atoms with Gasteiger partial charge in [0.1, 0.15) is 17.5 Å². The lowest BCUT2D eigenvalue weighted by Gasteiger charge is -2.24. The van der Waals surface area contributed by atoms with Crippen LogP contribution in [-0.2, 0) is 31.1 Å². The third kappa shape index (κ3) is 8.70. The number of oxime groups is 1. The minimum Gasteiger partial charge on any atom is -0.485 e. The zero-order chi connectivity index (χ0) is 37.6. The van der Waals surface area contributed by atoms with Gasteiger partial charge in [0.15, 0.2) is 17.2 Å². The number of fused-ring (bicyclic) bond motifs is 1. The van der Waals surface area contributed by atoms with Gasteiger partial charge in [0.2, 0.25) is 15.9 Å². The number of halogens is 2. The van der Waals surface area contributed by atoms with E-state index >= 15 is 0 Å². The SMILES string of the molecule is CC(=O)ON=C(N)c1ccc(C(=O)NCCCNC(=O)[C@@H]2CCCN2S(=O)(=O)c2ccc(Cl)c(COc3cccn4c(=O)cc(C)nc34)c2Cl)cc1. The van der Waals surface area contributed by atoms with Gasteiger partial charge in [0.25, 0.3) is 11.5 Å². The Bertz CT molecular complexity index is 2210. The molecule has 2 aromatic heterocycles. The third-order valence-corrected chi connectivity index (χ3v) is 10.9. The van der Waals surface area contributed by atoms with Gasteiger partial charge in [-0.25, -0.2) is 18.2 Å². The lowest BCUT2D eigenvalue weighted by molar-refractivity contribution is -0.141. The highest BCUT2D eigenvalue weighted by molar-refractivity contribution is 7.89. The molecule has 0 saturated carbocycles. The number of carbonyl (C=O) groups excluding carboxylic acids is 3. The first kappa shape index (κ1) is 38.2. The fourth-order valence-corrected chi connectivity index (χ4v) is 8.00. The maximum atomic E-state index is 13.9. The van der Waals surface area contributed by atoms with Crippen molar-refractivity contribution in [3.63, 3.8) is 0 Å². The number of ether oxygens (including phenoxy) is 1. The van der Waals surface area contributed by atoms with E-state index in [0.29, 0.717) is 36.1 Å². The molecule has 2 amide bonds. The summed E-state index contributed by atoms with van der Waals surface area (Å²) in [6.45, 7) is 3.18. The van der Waals surface area contributed by atoms with Crippen LogP contribution in [0.5, 0.6) is 5.75 Å². The molecule has 0 bridgehead atoms. The van der Waals surface area contributed by atoms with Crippen LogP contribution in [0.2, 0.25) is 10.0 Å². The molecule has 4 aromatic rings. The van der Waals surface area contributed by atoms with E-state index in [2.05, 4.69) is 25.6 Å². The standard InChI is InChI=1S/C34H35Cl2N7O8S/c1-20-18-29(45)42-16-4-7-27(32(42)40-20)50-19-24-25(35)12-13-28(30(24)36)52(48,49)43-17-3-6-26(43)34(47)39-15-5-14-38-33(46)23-10-8-22(9-11-23)31(37)41-51-21(2)44/h4,7-13,16,18,26H,3,5-6,14-15,17,19H2,1-2H3,(H2,37,41)(H,38,46)(H,39,47)/t26-/m0/s1. The lowest BCUT2D eigenvalue weighted by atomic mass is 10.1. The molecule has 1 aliphatic rings. The average molecular weight is 773 g/mol. The Morgan fingerprint density at radius 2 is 1.77 bits per heavy atom. The summed E-state index contributed by atoms with van der Waals surface area (Å²) in [4.78, 5) is 57.7. The number of benzene rings is 2. The molecule has 2 aromatic carbocycles. The maximum absolute atomic E-state index is 13.9. The van der Waals surface area contributed by atoms with Gasteiger partial charge in [-0.2, -0.15) is 4.31 Å². The number of aromatic nitrogens is 2. The summed E-state index contributed by atoms with van der Waals surface area (Å²) in [5.74, 6) is -1.20. The molecule has 15 nitrogen and oxygen atoms in total. The van der Waals surface area contributed by atoms with Gasteiger partial charge in [-0.3, -0.25) is 18.8 Å². The van der Waals surface area contributed by atoms with Crippen LogP contribution >= 0.6 is 23.2 Å². The predicted octanol–water partition coefficient (Wildman–Crippen LogP) is 3.16. The summed E-state index contributed by atoms with van der Waals surface area (Å²) in [6.07, 6.45) is 2.70. The molecular weight excluding hydrogens is 737 g/mol. The smallest absolute Gasteiger partial charge is 0.332 e. The Morgan fingerprint density at radius 1 is 1.06 bits per heavy atom. The molecule has 3 heterocycles. The van der Waals surface area contributed by atoms with E-state index in [4.69, 9.17) is 33.7 Å². The fourth-order valence-electron chi connectivity index (χ4n) is 5.48. The molecule has 18 heteroatoms. The van der Waals surface area contributed by atoms with Crippen LogP contribution in [0.3, 0.4) is 0 Å². The van der Waals surface area contributed by atoms with Crippen molar-refractivity contribution < 1.29 is 32.4 Å². The van der Waals surface area contributed by atoms with Crippen molar-refractivity contribution in [2.45, 2.75) is 50.7 Å². The van der Waals surface area contributed by atoms with E-state index in [1.54, 1.807) is 37.4 Å². The van der Waals surface area contributed by atoms with Gasteiger partial charge in [-0.1, -0.05) is 40.5 Å². The molecule has 1 atom stereocenters. The maximum Gasteiger partial charge on any atom is 0.332 e. The average Bonchev–Trinajstić information content (AvgIpc) is 3.62. The van der Waals surface area contributed by atoms with Gasteiger partial charge in [0, 0.05) is 66.2 Å². The number of hydrogen-bond donors (Lipinski definition) is 3. The number of amidine groups is 1. The van der Waals surface area contributed by atoms with Crippen molar-refractivity contribution in [2.75, 3.05) is 19.6 Å². The molecule has 0 unspecified atom stereocenters. The van der Waals surface area contributed by atoms with Gasteiger partial charge >= 0.3 is 5.97 Å². The summed E-state index contributed by atoms with van der Waals surface area (Å²) < 4.78 is 36.2. The summed E-state index contributed by atoms with van der Waals surface area (Å²) in [7, 11) is -4.25. The van der Waals surface area contributed by atoms with Crippen molar-refractivity contribution in [1.82, 2.24) is 24.3 Å². The van der Waals surface area contributed by atoms with Gasteiger partial charge < -0.3 is 25.9 Å². The second-order valence-electron chi connectivity index (χ2n) is 11.7. The summed E-state index contributed by atoms with van der Waals surface area (Å²) in [5.41, 5.74) is 7.27. The Kier molecular flexibility index (Phi) is 12.2. The number of pyridine rings is 1. The topological polar surface area (TPSA) is 204 Å². The molecule has 1 saturated heterocycles. The van der Waals surface area contributed by atoms with Crippen molar-refractivity contribution in [1.29, 1.82) is 0 Å². The van der Waals surface area contributed by atoms with E-state index in [1.807, 2.05) is 0 Å². The fraction of sp³-hybridized carbons (Fsp3) is 0.294. The summed E-state index contributed by atoms with van der Waals surface area (Å²) >= 11 is 13.1. The van der Waals surface area contributed by atoms with Crippen LogP contribution in [-0.4, -0.2) is 71.4 Å². The number of aryl methyl sites for hydroxylation is 1. The number of hydrogen-bond acceptors (Lipinski definition) is 10. The molecule has 5 rings (SSSR count). The zero-order valence-corrected chi connectivity index (χ0v) is 30.4. The molecule has 1 aliphatic heterocycles. The van der Waals surface area contributed by atoms with E-state index in [1.165, 1.54) is 41.7 Å². The summed E-state index contributed by atoms with van der Waals surface area (Å²) in [6, 6.07) is 12.5. The monoisotopic (exact) mass is 771 g/mol. The number of nitrogens with zero attached hydrogens (tertiary/aromatic N) is 4. The van der Waals surface area contributed by atoms with Crippen molar-refractivity contribution in [3.05, 3.63) is 104 Å². The number of sulfonamides is 1. The zero-order valence-electron chi connectivity index (χ0n) is 28.1. The molecule has 0 spiro atoms. The van der Waals surface area contributed by atoms with E-state index in [0.717, 1.165) is 4.31 Å². The molecule has 0 radical (unpaired) electrons. The number of amides is 2. The lowest BCUT2D eigenvalue weighted by Crippen LogP contribution is -2.46. The molecule has 4 N–H and O–H groups in total. The Balaban J connectivity index is 1.17. The molecule has 274 valence electrons. The van der Waals surface area contributed by atoms with Crippen LogP contribution in [0.25, 0.3) is 5.65 Å². The number of nitrogens with one attached hydrogen (secondary N) is 2. The first-order valence-electron chi connectivity index (χ1n) is 16.1. The highest BCUT2D eigenvalue weighted by Gasteiger charge is 2.40. The molecule has 52 heavy (non-hydrogen) atoms. The van der Waals surface area contributed by atoms with Gasteiger partial charge in [-0.15, -0.1) is 0 Å². The Morgan fingerprint density at radius 3 is 2.50 bits per heavy atom.